The zero-order valence-corrected chi connectivity index (χ0v) is 23.8. The normalized spacial score (nSPS) is 13.6. The second-order valence-electron chi connectivity index (χ2n) is 12.0. The Kier molecular flexibility index (Phi) is 4.79. The highest BCUT2D eigenvalue weighted by Crippen LogP contribution is 2.49. The molecular weight excluding hydrogens is 528 g/mol. The average Bonchev–Trinajstić information content (AvgIpc) is 3.48. The second-order valence-corrected chi connectivity index (χ2v) is 12.0. The lowest BCUT2D eigenvalue weighted by Crippen LogP contribution is -2.17. The molecule has 204 valence electrons. The summed E-state index contributed by atoms with van der Waals surface area (Å²) in [5.41, 5.74) is 11.1. The largest absolute Gasteiger partial charge is 0.456 e. The fourth-order valence-electron chi connectivity index (χ4n) is 7.00. The molecule has 0 unspecified atom stereocenters. The second kappa shape index (κ2) is 8.52. The highest BCUT2D eigenvalue weighted by atomic mass is 16.3. The van der Waals surface area contributed by atoms with Gasteiger partial charge in [0.1, 0.15) is 16.8 Å². The Balaban J connectivity index is 1.20. The summed E-state index contributed by atoms with van der Waals surface area (Å²) in [5, 5.41) is 3.54. The van der Waals surface area contributed by atoms with Gasteiger partial charge >= 0.3 is 0 Å². The van der Waals surface area contributed by atoms with Gasteiger partial charge in [-0.15, -0.1) is 0 Å². The number of para-hydroxylation sites is 2. The van der Waals surface area contributed by atoms with E-state index in [1.54, 1.807) is 0 Å². The van der Waals surface area contributed by atoms with E-state index in [0.29, 0.717) is 21.9 Å². The molecule has 0 N–H and O–H groups in total. The van der Waals surface area contributed by atoms with Crippen molar-refractivity contribution >= 4 is 43.9 Å². The molecule has 0 aliphatic heterocycles. The van der Waals surface area contributed by atoms with E-state index in [2.05, 4.69) is 97.3 Å². The summed E-state index contributed by atoms with van der Waals surface area (Å²) in [7, 11) is 0. The lowest BCUT2D eigenvalue weighted by atomic mass is 9.85. The number of aromatic nitrogens is 2. The smallest absolute Gasteiger partial charge is 0.200 e. The Morgan fingerprint density at radius 1 is 0.628 bits per heavy atom. The van der Waals surface area contributed by atoms with E-state index in [1.807, 2.05) is 42.5 Å². The van der Waals surface area contributed by atoms with Crippen LogP contribution >= 0.6 is 0 Å². The van der Waals surface area contributed by atoms with Gasteiger partial charge < -0.3 is 4.42 Å². The standard InChI is InChI=1S/C39H26N2O2/c1-39(2)32-12-6-3-9-26(32)30-22-31-27-10-4-7-13-33(27)41(38(31)40-37(30)39)25-18-15-23(16-19-25)24-17-20-29-35(21-24)43-34-14-8-5-11-28(34)36(29)42/h3-22H,1-2H3. The third-order valence-electron chi connectivity index (χ3n) is 9.17. The van der Waals surface area contributed by atoms with Gasteiger partial charge in [-0.25, -0.2) is 4.98 Å². The topological polar surface area (TPSA) is 48.0 Å². The Bertz CT molecular complexity index is 2500. The third kappa shape index (κ3) is 3.32. The molecule has 0 saturated heterocycles. The zero-order valence-electron chi connectivity index (χ0n) is 23.8. The lowest BCUT2D eigenvalue weighted by Gasteiger charge is -2.20. The molecule has 0 radical (unpaired) electrons. The van der Waals surface area contributed by atoms with Crippen LogP contribution in [-0.4, -0.2) is 9.55 Å². The highest BCUT2D eigenvalue weighted by Gasteiger charge is 2.37. The van der Waals surface area contributed by atoms with Crippen LogP contribution in [0.3, 0.4) is 0 Å². The molecule has 4 heteroatoms. The van der Waals surface area contributed by atoms with E-state index in [9.17, 15) is 4.79 Å². The molecule has 3 heterocycles. The minimum atomic E-state index is -0.179. The average molecular weight is 555 g/mol. The summed E-state index contributed by atoms with van der Waals surface area (Å²) < 4.78 is 8.41. The van der Waals surface area contributed by atoms with Crippen molar-refractivity contribution in [3.63, 3.8) is 0 Å². The molecule has 3 aromatic heterocycles. The minimum absolute atomic E-state index is 0.00429. The van der Waals surface area contributed by atoms with Crippen LogP contribution in [-0.2, 0) is 5.41 Å². The maximum atomic E-state index is 13.0. The Hall–Kier alpha value is -5.48. The first kappa shape index (κ1) is 24.2. The van der Waals surface area contributed by atoms with Gasteiger partial charge in [0.2, 0.25) is 5.43 Å². The van der Waals surface area contributed by atoms with Crippen molar-refractivity contribution in [3.05, 3.63) is 143 Å². The third-order valence-corrected chi connectivity index (χ3v) is 9.17. The number of hydrogen-bond acceptors (Lipinski definition) is 3. The first-order valence-electron chi connectivity index (χ1n) is 14.6. The molecule has 0 saturated carbocycles. The maximum Gasteiger partial charge on any atom is 0.200 e. The predicted octanol–water partition coefficient (Wildman–Crippen LogP) is 9.41. The molecule has 1 aliphatic rings. The van der Waals surface area contributed by atoms with Gasteiger partial charge in [-0.3, -0.25) is 9.36 Å². The van der Waals surface area contributed by atoms with E-state index in [0.717, 1.165) is 39.1 Å². The molecule has 0 fully saturated rings. The van der Waals surface area contributed by atoms with Crippen molar-refractivity contribution in [1.29, 1.82) is 0 Å². The Morgan fingerprint density at radius 2 is 1.33 bits per heavy atom. The molecule has 0 bridgehead atoms. The van der Waals surface area contributed by atoms with Crippen LogP contribution in [0.15, 0.2) is 131 Å². The van der Waals surface area contributed by atoms with E-state index in [1.165, 1.54) is 22.1 Å². The lowest BCUT2D eigenvalue weighted by molar-refractivity contribution is 0.639. The van der Waals surface area contributed by atoms with Gasteiger partial charge in [-0.2, -0.15) is 0 Å². The van der Waals surface area contributed by atoms with Crippen LogP contribution < -0.4 is 5.43 Å². The summed E-state index contributed by atoms with van der Waals surface area (Å²) in [4.78, 5) is 18.4. The SMILES string of the molecule is CC1(C)c2ccccc2-c2cc3c4ccccc4n(-c4ccc(-c5ccc6c(=O)c7ccccc7oc6c5)cc4)c3nc21. The monoisotopic (exact) mass is 554 g/mol. The molecule has 43 heavy (non-hydrogen) atoms. The highest BCUT2D eigenvalue weighted by molar-refractivity contribution is 6.09. The van der Waals surface area contributed by atoms with E-state index >= 15 is 0 Å². The molecule has 1 aliphatic carbocycles. The quantitative estimate of drug-likeness (QED) is 0.200. The molecule has 9 rings (SSSR count). The van der Waals surface area contributed by atoms with Crippen LogP contribution in [0.2, 0.25) is 0 Å². The summed E-state index contributed by atoms with van der Waals surface area (Å²) in [6.45, 7) is 4.54. The van der Waals surface area contributed by atoms with Gasteiger partial charge in [0.05, 0.1) is 22.0 Å². The van der Waals surface area contributed by atoms with Gasteiger partial charge in [0, 0.05) is 27.4 Å². The molecule has 0 spiro atoms. The number of hydrogen-bond donors (Lipinski definition) is 0. The van der Waals surface area contributed by atoms with E-state index < -0.39 is 0 Å². The van der Waals surface area contributed by atoms with Crippen LogP contribution in [0, 0.1) is 0 Å². The van der Waals surface area contributed by atoms with Gasteiger partial charge in [-0.1, -0.05) is 86.6 Å². The van der Waals surface area contributed by atoms with Crippen molar-refractivity contribution in [1.82, 2.24) is 9.55 Å². The first-order chi connectivity index (χ1) is 21.0. The number of pyridine rings is 1. The minimum Gasteiger partial charge on any atom is -0.456 e. The zero-order chi connectivity index (χ0) is 28.9. The summed E-state index contributed by atoms with van der Waals surface area (Å²) >= 11 is 0. The summed E-state index contributed by atoms with van der Waals surface area (Å²) in [6, 6.07) is 41.3. The van der Waals surface area contributed by atoms with Crippen LogP contribution in [0.25, 0.3) is 71.8 Å². The molecule has 0 atom stereocenters. The molecule has 5 aromatic carbocycles. The van der Waals surface area contributed by atoms with Crippen molar-refractivity contribution in [2.45, 2.75) is 19.3 Å². The van der Waals surface area contributed by atoms with Crippen molar-refractivity contribution in [2.24, 2.45) is 0 Å². The van der Waals surface area contributed by atoms with Crippen LogP contribution in [0.1, 0.15) is 25.1 Å². The van der Waals surface area contributed by atoms with Crippen molar-refractivity contribution in [3.8, 4) is 27.9 Å². The Labute approximate surface area is 247 Å². The molecule has 0 amide bonds. The van der Waals surface area contributed by atoms with Crippen LogP contribution in [0.5, 0.6) is 0 Å². The summed E-state index contributed by atoms with van der Waals surface area (Å²) in [6.07, 6.45) is 0. The number of nitrogens with zero attached hydrogens (tertiary/aromatic N) is 2. The van der Waals surface area contributed by atoms with Crippen LogP contribution in [0.4, 0.5) is 0 Å². The number of benzene rings is 5. The molecule has 8 aromatic rings. The Morgan fingerprint density at radius 3 is 2.19 bits per heavy atom. The van der Waals surface area contributed by atoms with Crippen molar-refractivity contribution in [2.75, 3.05) is 0 Å². The summed E-state index contributed by atoms with van der Waals surface area (Å²) in [5.74, 6) is 0. The predicted molar refractivity (Wildman–Crippen MR) is 175 cm³/mol. The fourth-order valence-corrected chi connectivity index (χ4v) is 7.00. The maximum absolute atomic E-state index is 13.0. The molecule has 4 nitrogen and oxygen atoms in total. The number of fused-ring (bicyclic) bond motifs is 8. The number of rotatable bonds is 2. The van der Waals surface area contributed by atoms with E-state index in [4.69, 9.17) is 9.40 Å². The van der Waals surface area contributed by atoms with Gasteiger partial charge in [-0.05, 0) is 70.8 Å². The van der Waals surface area contributed by atoms with Crippen molar-refractivity contribution < 1.29 is 4.42 Å². The first-order valence-corrected chi connectivity index (χ1v) is 14.6. The van der Waals surface area contributed by atoms with E-state index in [-0.39, 0.29) is 10.8 Å². The fraction of sp³-hybridized carbons (Fsp3) is 0.0769. The van der Waals surface area contributed by atoms with Gasteiger partial charge in [0.15, 0.2) is 0 Å². The van der Waals surface area contributed by atoms with Gasteiger partial charge in [0.25, 0.3) is 0 Å². The molecular formula is C39H26N2O2.